The van der Waals surface area contributed by atoms with Gasteiger partial charge in [-0.05, 0) is 42.6 Å². The van der Waals surface area contributed by atoms with E-state index in [1.807, 2.05) is 18.2 Å². The zero-order valence-corrected chi connectivity index (χ0v) is 14.5. The summed E-state index contributed by atoms with van der Waals surface area (Å²) in [6.45, 7) is 1.52. The van der Waals surface area contributed by atoms with Crippen LogP contribution in [0, 0.1) is 0 Å². The zero-order valence-electron chi connectivity index (χ0n) is 11.4. The summed E-state index contributed by atoms with van der Waals surface area (Å²) < 4.78 is 0.989. The van der Waals surface area contributed by atoms with Gasteiger partial charge < -0.3 is 5.73 Å². The van der Waals surface area contributed by atoms with Crippen molar-refractivity contribution in [3.05, 3.63) is 55.6 Å². The minimum Gasteiger partial charge on any atom is -0.329 e. The number of hydrogen-bond acceptors (Lipinski definition) is 3. The van der Waals surface area contributed by atoms with E-state index in [1.54, 1.807) is 11.3 Å². The smallest absolute Gasteiger partial charge is 0.0482 e. The van der Waals surface area contributed by atoms with Crippen molar-refractivity contribution >= 4 is 38.9 Å². The molecule has 0 aliphatic heterocycles. The molecule has 108 valence electrons. The molecule has 2 rings (SSSR count). The summed E-state index contributed by atoms with van der Waals surface area (Å²) >= 11 is 11.6. The number of halogens is 2. The highest BCUT2D eigenvalue weighted by Gasteiger charge is 2.18. The summed E-state index contributed by atoms with van der Waals surface area (Å²) in [5.41, 5.74) is 7.04. The lowest BCUT2D eigenvalue weighted by molar-refractivity contribution is 0.254. The fourth-order valence-electron chi connectivity index (χ4n) is 2.21. The number of thiophene rings is 1. The molecule has 0 amide bonds. The van der Waals surface area contributed by atoms with Crippen LogP contribution in [0.1, 0.15) is 16.5 Å². The molecule has 1 atom stereocenters. The fourth-order valence-corrected chi connectivity index (χ4v) is 3.71. The van der Waals surface area contributed by atoms with E-state index in [4.69, 9.17) is 17.3 Å². The first-order valence-electron chi connectivity index (χ1n) is 6.49. The highest BCUT2D eigenvalue weighted by molar-refractivity contribution is 9.10. The Labute approximate surface area is 137 Å². The first kappa shape index (κ1) is 16.0. The Kier molecular flexibility index (Phi) is 6.05. The summed E-state index contributed by atoms with van der Waals surface area (Å²) in [4.78, 5) is 3.67. The number of benzene rings is 1. The Morgan fingerprint density at radius 3 is 2.80 bits per heavy atom. The Morgan fingerprint density at radius 1 is 1.40 bits per heavy atom. The van der Waals surface area contributed by atoms with Crippen LogP contribution in [0.2, 0.25) is 5.02 Å². The van der Waals surface area contributed by atoms with Crippen LogP contribution in [0.3, 0.4) is 0 Å². The van der Waals surface area contributed by atoms with Gasteiger partial charge in [-0.1, -0.05) is 39.7 Å². The second-order valence-corrected chi connectivity index (χ2v) is 7.08. The number of nitrogens with two attached hydrogens (primary N) is 1. The van der Waals surface area contributed by atoms with Crippen molar-refractivity contribution in [3.8, 4) is 0 Å². The summed E-state index contributed by atoms with van der Waals surface area (Å²) in [7, 11) is 2.10. The van der Waals surface area contributed by atoms with Crippen molar-refractivity contribution in [1.29, 1.82) is 0 Å². The molecule has 2 N–H and O–H groups in total. The molecular formula is C15H18BrClN2S. The van der Waals surface area contributed by atoms with Gasteiger partial charge in [0.05, 0.1) is 0 Å². The van der Waals surface area contributed by atoms with Gasteiger partial charge in [0.1, 0.15) is 0 Å². The van der Waals surface area contributed by atoms with Crippen LogP contribution in [0.4, 0.5) is 0 Å². The molecule has 0 saturated carbocycles. The molecule has 2 nitrogen and oxygen atoms in total. The molecule has 1 aromatic heterocycles. The van der Waals surface area contributed by atoms with Crippen molar-refractivity contribution in [2.45, 2.75) is 12.5 Å². The minimum atomic E-state index is 0.149. The maximum absolute atomic E-state index is 6.34. The number of hydrogen-bond donors (Lipinski definition) is 1. The van der Waals surface area contributed by atoms with Crippen LogP contribution in [0.5, 0.6) is 0 Å². The highest BCUT2D eigenvalue weighted by Crippen LogP contribution is 2.29. The maximum atomic E-state index is 6.34. The summed E-state index contributed by atoms with van der Waals surface area (Å²) in [5, 5.41) is 2.87. The molecule has 0 bridgehead atoms. The molecule has 1 unspecified atom stereocenters. The largest absolute Gasteiger partial charge is 0.329 e. The van der Waals surface area contributed by atoms with Crippen molar-refractivity contribution < 1.29 is 0 Å². The van der Waals surface area contributed by atoms with Crippen LogP contribution >= 0.6 is 38.9 Å². The number of rotatable bonds is 6. The predicted octanol–water partition coefficient (Wildman–Crippen LogP) is 4.34. The highest BCUT2D eigenvalue weighted by atomic mass is 79.9. The molecular weight excluding hydrogens is 356 g/mol. The first-order valence-corrected chi connectivity index (χ1v) is 8.54. The molecule has 0 spiro atoms. The third-order valence-electron chi connectivity index (χ3n) is 3.37. The van der Waals surface area contributed by atoms with Crippen LogP contribution in [-0.2, 0) is 6.42 Å². The van der Waals surface area contributed by atoms with E-state index < -0.39 is 0 Å². The van der Waals surface area contributed by atoms with E-state index in [9.17, 15) is 0 Å². The Balaban J connectivity index is 2.06. The molecule has 1 aromatic carbocycles. The molecule has 0 fully saturated rings. The van der Waals surface area contributed by atoms with Crippen LogP contribution in [-0.4, -0.2) is 25.0 Å². The van der Waals surface area contributed by atoms with E-state index in [-0.39, 0.29) is 6.04 Å². The molecule has 0 aliphatic rings. The van der Waals surface area contributed by atoms with Crippen molar-refractivity contribution in [2.24, 2.45) is 5.73 Å². The molecule has 0 aliphatic carbocycles. The van der Waals surface area contributed by atoms with E-state index in [1.165, 1.54) is 4.88 Å². The standard InChI is InChI=1S/C15H18BrClN2S/c1-19(7-6-12-3-2-8-20-12)15(10-18)13-5-4-11(16)9-14(13)17/h2-5,8-9,15H,6-7,10,18H2,1H3. The minimum absolute atomic E-state index is 0.149. The molecule has 20 heavy (non-hydrogen) atoms. The fraction of sp³-hybridized carbons (Fsp3) is 0.333. The maximum Gasteiger partial charge on any atom is 0.0482 e. The van der Waals surface area contributed by atoms with E-state index >= 15 is 0 Å². The molecule has 0 radical (unpaired) electrons. The molecule has 5 heteroatoms. The van der Waals surface area contributed by atoms with Crippen LogP contribution < -0.4 is 5.73 Å². The van der Waals surface area contributed by atoms with Crippen LogP contribution in [0.25, 0.3) is 0 Å². The lowest BCUT2D eigenvalue weighted by atomic mass is 10.1. The third kappa shape index (κ3) is 4.06. The van der Waals surface area contributed by atoms with Gasteiger partial charge in [0.25, 0.3) is 0 Å². The van der Waals surface area contributed by atoms with Gasteiger partial charge in [-0.15, -0.1) is 11.3 Å². The number of nitrogens with zero attached hydrogens (tertiary/aromatic N) is 1. The monoisotopic (exact) mass is 372 g/mol. The summed E-state index contributed by atoms with van der Waals surface area (Å²) in [5.74, 6) is 0. The Morgan fingerprint density at radius 2 is 2.20 bits per heavy atom. The second-order valence-electron chi connectivity index (χ2n) is 4.73. The van der Waals surface area contributed by atoms with Crippen molar-refractivity contribution in [2.75, 3.05) is 20.1 Å². The van der Waals surface area contributed by atoms with Gasteiger partial charge in [0, 0.05) is 33.5 Å². The summed E-state index contributed by atoms with van der Waals surface area (Å²) in [6.07, 6.45) is 1.04. The topological polar surface area (TPSA) is 29.3 Å². The molecule has 1 heterocycles. The van der Waals surface area contributed by atoms with Gasteiger partial charge in [0.2, 0.25) is 0 Å². The van der Waals surface area contributed by atoms with Gasteiger partial charge >= 0.3 is 0 Å². The zero-order chi connectivity index (χ0) is 14.5. The van der Waals surface area contributed by atoms with Gasteiger partial charge in [-0.3, -0.25) is 4.90 Å². The van der Waals surface area contributed by atoms with Crippen molar-refractivity contribution in [3.63, 3.8) is 0 Å². The van der Waals surface area contributed by atoms with Gasteiger partial charge in [-0.2, -0.15) is 0 Å². The van der Waals surface area contributed by atoms with Gasteiger partial charge in [0.15, 0.2) is 0 Å². The predicted molar refractivity (Wildman–Crippen MR) is 91.6 cm³/mol. The van der Waals surface area contributed by atoms with Crippen LogP contribution in [0.15, 0.2) is 40.2 Å². The van der Waals surface area contributed by atoms with Gasteiger partial charge in [-0.25, -0.2) is 0 Å². The average molecular weight is 374 g/mol. The van der Waals surface area contributed by atoms with E-state index in [2.05, 4.69) is 45.4 Å². The number of likely N-dealkylation sites (N-methyl/N-ethyl adjacent to an activating group) is 1. The third-order valence-corrected chi connectivity index (χ3v) is 5.12. The SMILES string of the molecule is CN(CCc1cccs1)C(CN)c1ccc(Br)cc1Cl. The summed E-state index contributed by atoms with van der Waals surface area (Å²) in [6, 6.07) is 10.4. The van der Waals surface area contributed by atoms with E-state index in [0.29, 0.717) is 6.54 Å². The quantitative estimate of drug-likeness (QED) is 0.816. The van der Waals surface area contributed by atoms with E-state index in [0.717, 1.165) is 28.0 Å². The first-order chi connectivity index (χ1) is 9.61. The Hall–Kier alpha value is -0.390. The average Bonchev–Trinajstić information content (AvgIpc) is 2.93. The lowest BCUT2D eigenvalue weighted by Crippen LogP contribution is -2.32. The second kappa shape index (κ2) is 7.57. The normalized spacial score (nSPS) is 12.8. The van der Waals surface area contributed by atoms with Crippen molar-refractivity contribution in [1.82, 2.24) is 4.90 Å². The molecule has 0 saturated heterocycles. The lowest BCUT2D eigenvalue weighted by Gasteiger charge is -2.28. The Bertz CT molecular complexity index is 545. The molecule has 2 aromatic rings.